The predicted octanol–water partition coefficient (Wildman–Crippen LogP) is 2.83. The summed E-state index contributed by atoms with van der Waals surface area (Å²) in [6.07, 6.45) is -0.641. The molecule has 0 aliphatic rings. The van der Waals surface area contributed by atoms with Crippen LogP contribution in [0, 0.1) is 0 Å². The van der Waals surface area contributed by atoms with E-state index in [9.17, 15) is 4.79 Å². The first-order valence-corrected chi connectivity index (χ1v) is 6.61. The van der Waals surface area contributed by atoms with Gasteiger partial charge in [0.25, 0.3) is 0 Å². The fraction of sp³-hybridized carbons (Fsp3) is 0.308. The molecule has 2 rings (SSSR count). The van der Waals surface area contributed by atoms with E-state index in [1.807, 2.05) is 0 Å². The van der Waals surface area contributed by atoms with E-state index in [1.54, 1.807) is 39.0 Å². The van der Waals surface area contributed by atoms with Crippen molar-refractivity contribution in [3.8, 4) is 0 Å². The molecule has 8 heteroatoms. The molecule has 0 unspecified atom stereocenters. The molecule has 0 atom stereocenters. The number of thiocarbonyl (C=S) groups is 1. The number of nitrogens with zero attached hydrogens (tertiary/aromatic N) is 1. The number of fused-ring (bicyclic) bond motifs is 1. The Bertz CT molecular complexity index is 690. The summed E-state index contributed by atoms with van der Waals surface area (Å²) in [5.41, 5.74) is 6.41. The normalized spacial score (nSPS) is 11.2. The number of ether oxygens (including phenoxy) is 1. The number of carbonyl (C=O) groups is 1. The first kappa shape index (κ1) is 15.0. The molecule has 0 spiro atoms. The van der Waals surface area contributed by atoms with Crippen LogP contribution in [0.5, 0.6) is 0 Å². The maximum atomic E-state index is 11.7. The van der Waals surface area contributed by atoms with Gasteiger partial charge >= 0.3 is 12.1 Å². The van der Waals surface area contributed by atoms with Crippen LogP contribution >= 0.6 is 12.2 Å². The summed E-state index contributed by atoms with van der Waals surface area (Å²) in [7, 11) is 0. The third-order valence-corrected chi connectivity index (χ3v) is 2.38. The van der Waals surface area contributed by atoms with Crippen LogP contribution in [0.3, 0.4) is 0 Å². The van der Waals surface area contributed by atoms with Crippen molar-refractivity contribution in [3.05, 3.63) is 18.2 Å². The van der Waals surface area contributed by atoms with Crippen molar-refractivity contribution < 1.29 is 13.9 Å². The number of anilines is 2. The Morgan fingerprint density at radius 3 is 2.71 bits per heavy atom. The lowest BCUT2D eigenvalue weighted by Gasteiger charge is -2.18. The number of amides is 1. The molecule has 1 aromatic carbocycles. The van der Waals surface area contributed by atoms with Gasteiger partial charge in [0.15, 0.2) is 10.7 Å². The van der Waals surface area contributed by atoms with Crippen LogP contribution in [-0.2, 0) is 4.74 Å². The molecule has 2 aromatic rings. The molecule has 112 valence electrons. The largest absolute Gasteiger partial charge is 0.443 e. The van der Waals surface area contributed by atoms with Crippen molar-refractivity contribution in [3.63, 3.8) is 0 Å². The number of hydrogen-bond donors (Lipinski definition) is 3. The summed E-state index contributed by atoms with van der Waals surface area (Å²) in [6.45, 7) is 5.30. The molecule has 0 bridgehead atoms. The van der Waals surface area contributed by atoms with E-state index < -0.39 is 11.7 Å². The zero-order valence-electron chi connectivity index (χ0n) is 11.9. The van der Waals surface area contributed by atoms with Crippen molar-refractivity contribution in [1.29, 1.82) is 0 Å². The zero-order chi connectivity index (χ0) is 15.6. The Hall–Kier alpha value is -2.35. The zero-order valence-corrected chi connectivity index (χ0v) is 12.7. The maximum Gasteiger partial charge on any atom is 0.415 e. The fourth-order valence-corrected chi connectivity index (χ4v) is 1.73. The quantitative estimate of drug-likeness (QED) is 0.733. The maximum absolute atomic E-state index is 11.7. The highest BCUT2D eigenvalue weighted by molar-refractivity contribution is 7.80. The molecular formula is C13H16N4O3S. The standard InChI is InChI=1S/C13H16N4O3S/c1-13(2,3)20-12(18)17-11-16-8-6-4-5-7(9(8)19-11)15-10(14)21/h4-6H,1-3H3,(H3,14,15,21)(H,16,17,18). The molecular weight excluding hydrogens is 292 g/mol. The Balaban J connectivity index is 2.23. The Kier molecular flexibility index (Phi) is 3.99. The molecule has 0 aliphatic heterocycles. The molecule has 0 fully saturated rings. The van der Waals surface area contributed by atoms with Gasteiger partial charge < -0.3 is 20.2 Å². The van der Waals surface area contributed by atoms with Crippen LogP contribution in [0.1, 0.15) is 20.8 Å². The molecule has 4 N–H and O–H groups in total. The first-order chi connectivity index (χ1) is 9.74. The number of carbonyl (C=O) groups excluding carboxylic acids is 1. The highest BCUT2D eigenvalue weighted by Gasteiger charge is 2.18. The number of hydrogen-bond acceptors (Lipinski definition) is 5. The van der Waals surface area contributed by atoms with Crippen molar-refractivity contribution in [2.45, 2.75) is 26.4 Å². The molecule has 1 aromatic heterocycles. The van der Waals surface area contributed by atoms with E-state index in [2.05, 4.69) is 15.6 Å². The van der Waals surface area contributed by atoms with Gasteiger partial charge in [0.05, 0.1) is 5.69 Å². The molecule has 1 heterocycles. The van der Waals surface area contributed by atoms with Crippen molar-refractivity contribution >= 4 is 46.2 Å². The summed E-state index contributed by atoms with van der Waals surface area (Å²) in [5, 5.41) is 5.33. The number of oxazole rings is 1. The van der Waals surface area contributed by atoms with Crippen LogP contribution in [0.15, 0.2) is 22.6 Å². The molecule has 0 saturated heterocycles. The highest BCUT2D eigenvalue weighted by atomic mass is 32.1. The number of aromatic nitrogens is 1. The van der Waals surface area contributed by atoms with Crippen LogP contribution in [0.4, 0.5) is 16.5 Å². The summed E-state index contributed by atoms with van der Waals surface area (Å²) in [4.78, 5) is 15.8. The minimum Gasteiger partial charge on any atom is -0.443 e. The SMILES string of the molecule is CC(C)(C)OC(=O)Nc1nc2cccc(NC(N)=S)c2o1. The van der Waals surface area contributed by atoms with Gasteiger partial charge in [-0.2, -0.15) is 4.98 Å². The second-order valence-corrected chi connectivity index (χ2v) is 5.73. The Labute approximate surface area is 126 Å². The van der Waals surface area contributed by atoms with Crippen molar-refractivity contribution in [2.24, 2.45) is 5.73 Å². The third-order valence-electron chi connectivity index (χ3n) is 2.28. The van der Waals surface area contributed by atoms with Crippen LogP contribution in [-0.4, -0.2) is 21.8 Å². The van der Waals surface area contributed by atoms with Gasteiger partial charge in [0.2, 0.25) is 0 Å². The van der Waals surface area contributed by atoms with Gasteiger partial charge in [-0.15, -0.1) is 0 Å². The van der Waals surface area contributed by atoms with Crippen LogP contribution in [0.25, 0.3) is 11.1 Å². The van der Waals surface area contributed by atoms with Crippen LogP contribution < -0.4 is 16.4 Å². The number of benzene rings is 1. The Morgan fingerprint density at radius 1 is 1.38 bits per heavy atom. The summed E-state index contributed by atoms with van der Waals surface area (Å²) >= 11 is 4.79. The molecule has 1 amide bonds. The molecule has 7 nitrogen and oxygen atoms in total. The second-order valence-electron chi connectivity index (χ2n) is 5.29. The van der Waals surface area contributed by atoms with Gasteiger partial charge in [0, 0.05) is 0 Å². The van der Waals surface area contributed by atoms with Crippen LogP contribution in [0.2, 0.25) is 0 Å². The fourth-order valence-electron chi connectivity index (χ4n) is 1.62. The van der Waals surface area contributed by atoms with Crippen molar-refractivity contribution in [2.75, 3.05) is 10.6 Å². The van der Waals surface area contributed by atoms with Gasteiger partial charge in [0.1, 0.15) is 11.1 Å². The molecule has 21 heavy (non-hydrogen) atoms. The summed E-state index contributed by atoms with van der Waals surface area (Å²) in [5.74, 6) is 0. The average molecular weight is 308 g/mol. The monoisotopic (exact) mass is 308 g/mol. The minimum absolute atomic E-state index is 0.0384. The molecule has 0 aliphatic carbocycles. The number of rotatable bonds is 2. The van der Waals surface area contributed by atoms with E-state index >= 15 is 0 Å². The van der Waals surface area contributed by atoms with Gasteiger partial charge in [-0.1, -0.05) is 6.07 Å². The Morgan fingerprint density at radius 2 is 2.10 bits per heavy atom. The first-order valence-electron chi connectivity index (χ1n) is 6.20. The third kappa shape index (κ3) is 4.06. The summed E-state index contributed by atoms with van der Waals surface area (Å²) < 4.78 is 10.6. The molecule has 0 radical (unpaired) electrons. The number of para-hydroxylation sites is 1. The van der Waals surface area contributed by atoms with E-state index in [4.69, 9.17) is 27.1 Å². The lowest BCUT2D eigenvalue weighted by atomic mass is 10.2. The smallest absolute Gasteiger partial charge is 0.415 e. The lowest BCUT2D eigenvalue weighted by Crippen LogP contribution is -2.27. The molecule has 0 saturated carbocycles. The average Bonchev–Trinajstić information content (AvgIpc) is 2.68. The number of nitrogens with two attached hydrogens (primary N) is 1. The van der Waals surface area contributed by atoms with Gasteiger partial charge in [-0.05, 0) is 45.1 Å². The van der Waals surface area contributed by atoms with E-state index in [-0.39, 0.29) is 11.1 Å². The second kappa shape index (κ2) is 5.57. The minimum atomic E-state index is -0.641. The summed E-state index contributed by atoms with van der Waals surface area (Å²) in [6, 6.07) is 5.28. The predicted molar refractivity (Wildman–Crippen MR) is 84.3 cm³/mol. The van der Waals surface area contributed by atoms with E-state index in [0.717, 1.165) is 0 Å². The van der Waals surface area contributed by atoms with E-state index in [1.165, 1.54) is 0 Å². The topological polar surface area (TPSA) is 102 Å². The van der Waals surface area contributed by atoms with Gasteiger partial charge in [-0.25, -0.2) is 10.1 Å². The van der Waals surface area contributed by atoms with Gasteiger partial charge in [-0.3, -0.25) is 0 Å². The lowest BCUT2D eigenvalue weighted by molar-refractivity contribution is 0.0632. The van der Waals surface area contributed by atoms with E-state index in [0.29, 0.717) is 16.8 Å². The highest BCUT2D eigenvalue weighted by Crippen LogP contribution is 2.26. The van der Waals surface area contributed by atoms with Crippen molar-refractivity contribution in [1.82, 2.24) is 4.98 Å². The number of nitrogens with one attached hydrogen (secondary N) is 2.